The molecule has 0 aliphatic heterocycles. The number of hydrogen-bond acceptors (Lipinski definition) is 3. The summed E-state index contributed by atoms with van der Waals surface area (Å²) in [5.41, 5.74) is 6.00. The number of nitrogens with two attached hydrogens (primary N) is 1. The molecule has 0 aliphatic rings. The highest BCUT2D eigenvalue weighted by atomic mass is 32.1. The Morgan fingerprint density at radius 3 is 2.44 bits per heavy atom. The Morgan fingerprint density at radius 1 is 1.39 bits per heavy atom. The van der Waals surface area contributed by atoms with Crippen molar-refractivity contribution in [2.45, 2.75) is 38.5 Å². The first-order valence-corrected chi connectivity index (χ1v) is 6.86. The number of likely N-dealkylation sites (N-methyl/N-ethyl adjacent to an activating group) is 1. The molecule has 1 aromatic rings. The van der Waals surface area contributed by atoms with E-state index >= 15 is 0 Å². The molecule has 2 nitrogen and oxygen atoms in total. The molecule has 0 bridgehead atoms. The van der Waals surface area contributed by atoms with Gasteiger partial charge in [0.1, 0.15) is 0 Å². The van der Waals surface area contributed by atoms with Crippen LogP contribution in [0.4, 0.5) is 13.2 Å². The van der Waals surface area contributed by atoms with E-state index in [-0.39, 0.29) is 12.1 Å². The molecule has 0 amide bonds. The van der Waals surface area contributed by atoms with E-state index in [1.54, 1.807) is 6.92 Å². The molecule has 2 atom stereocenters. The van der Waals surface area contributed by atoms with Gasteiger partial charge in [-0.25, -0.2) is 0 Å². The topological polar surface area (TPSA) is 29.3 Å². The lowest BCUT2D eigenvalue weighted by Crippen LogP contribution is -2.44. The minimum absolute atomic E-state index is 0.286. The summed E-state index contributed by atoms with van der Waals surface area (Å²) in [7, 11) is 0. The first-order chi connectivity index (χ1) is 8.39. The molecule has 0 fully saturated rings. The second-order valence-corrected chi connectivity index (χ2v) is 5.19. The molecular formula is C12H19F3N2S. The maximum absolute atomic E-state index is 12.6. The molecule has 0 saturated heterocycles. The zero-order chi connectivity index (χ0) is 13.8. The third-order valence-corrected chi connectivity index (χ3v) is 3.84. The van der Waals surface area contributed by atoms with Crippen LogP contribution >= 0.6 is 11.3 Å². The highest BCUT2D eigenvalue weighted by Crippen LogP contribution is 2.31. The lowest BCUT2D eigenvalue weighted by molar-refractivity contribution is -0.151. The highest BCUT2D eigenvalue weighted by molar-refractivity contribution is 7.10. The molecule has 1 heterocycles. The lowest BCUT2D eigenvalue weighted by Gasteiger charge is -2.34. The fourth-order valence-corrected chi connectivity index (χ4v) is 2.92. The lowest BCUT2D eigenvalue weighted by atomic mass is 10.0. The SMILES string of the molecule is CCC(N)C(c1cccs1)N(CC)CC(F)(F)F. The Bertz CT molecular complexity index is 338. The minimum atomic E-state index is -4.20. The van der Waals surface area contributed by atoms with Crippen LogP contribution in [0.1, 0.15) is 31.2 Å². The maximum atomic E-state index is 12.6. The molecule has 104 valence electrons. The molecule has 6 heteroatoms. The molecule has 1 aromatic heterocycles. The predicted octanol–water partition coefficient (Wildman–Crippen LogP) is 3.41. The Morgan fingerprint density at radius 2 is 2.06 bits per heavy atom. The first-order valence-electron chi connectivity index (χ1n) is 5.98. The normalized spacial score (nSPS) is 15.9. The molecule has 2 unspecified atom stereocenters. The van der Waals surface area contributed by atoms with E-state index in [0.29, 0.717) is 13.0 Å². The van der Waals surface area contributed by atoms with Crippen molar-refractivity contribution < 1.29 is 13.2 Å². The fraction of sp³-hybridized carbons (Fsp3) is 0.667. The van der Waals surface area contributed by atoms with Crippen LogP contribution in [-0.4, -0.2) is 30.2 Å². The summed E-state index contributed by atoms with van der Waals surface area (Å²) >= 11 is 1.46. The molecular weight excluding hydrogens is 261 g/mol. The molecule has 0 aromatic carbocycles. The van der Waals surface area contributed by atoms with E-state index < -0.39 is 12.7 Å². The van der Waals surface area contributed by atoms with Crippen LogP contribution in [0.3, 0.4) is 0 Å². The Balaban J connectivity index is 2.93. The molecule has 2 N–H and O–H groups in total. The first kappa shape index (κ1) is 15.5. The van der Waals surface area contributed by atoms with Crippen molar-refractivity contribution >= 4 is 11.3 Å². The van der Waals surface area contributed by atoms with E-state index in [0.717, 1.165) is 4.88 Å². The van der Waals surface area contributed by atoms with Crippen LogP contribution < -0.4 is 5.73 Å². The summed E-state index contributed by atoms with van der Waals surface area (Å²) in [5.74, 6) is 0. The fourth-order valence-electron chi connectivity index (χ4n) is 1.98. The second kappa shape index (κ2) is 6.54. The van der Waals surface area contributed by atoms with E-state index in [9.17, 15) is 13.2 Å². The van der Waals surface area contributed by atoms with Gasteiger partial charge in [-0.15, -0.1) is 11.3 Å². The molecule has 18 heavy (non-hydrogen) atoms. The monoisotopic (exact) mass is 280 g/mol. The number of rotatable bonds is 6. The van der Waals surface area contributed by atoms with Gasteiger partial charge in [-0.1, -0.05) is 19.9 Å². The van der Waals surface area contributed by atoms with Crippen LogP contribution in [0.2, 0.25) is 0 Å². The van der Waals surface area contributed by atoms with Gasteiger partial charge in [0.05, 0.1) is 12.6 Å². The van der Waals surface area contributed by atoms with Gasteiger partial charge in [0.25, 0.3) is 0 Å². The average molecular weight is 280 g/mol. The van der Waals surface area contributed by atoms with Crippen molar-refractivity contribution in [3.63, 3.8) is 0 Å². The van der Waals surface area contributed by atoms with Crippen LogP contribution in [0.25, 0.3) is 0 Å². The Labute approximate surface area is 110 Å². The van der Waals surface area contributed by atoms with Gasteiger partial charge in [0, 0.05) is 10.9 Å². The number of alkyl halides is 3. The maximum Gasteiger partial charge on any atom is 0.401 e. The van der Waals surface area contributed by atoms with Crippen molar-refractivity contribution in [1.29, 1.82) is 0 Å². The molecule has 0 radical (unpaired) electrons. The zero-order valence-electron chi connectivity index (χ0n) is 10.6. The quantitative estimate of drug-likeness (QED) is 0.865. The third-order valence-electron chi connectivity index (χ3n) is 2.89. The van der Waals surface area contributed by atoms with Crippen molar-refractivity contribution in [2.24, 2.45) is 5.73 Å². The Hall–Kier alpha value is -0.590. The van der Waals surface area contributed by atoms with Crippen molar-refractivity contribution in [1.82, 2.24) is 4.90 Å². The highest BCUT2D eigenvalue weighted by Gasteiger charge is 2.35. The van der Waals surface area contributed by atoms with Crippen LogP contribution in [-0.2, 0) is 0 Å². The van der Waals surface area contributed by atoms with Crippen molar-refractivity contribution in [2.75, 3.05) is 13.1 Å². The third kappa shape index (κ3) is 4.26. The van der Waals surface area contributed by atoms with E-state index in [4.69, 9.17) is 5.73 Å². The molecule has 0 spiro atoms. The standard InChI is InChI=1S/C12H19F3N2S/c1-3-9(16)11(10-6-5-7-18-10)17(4-2)8-12(13,14)15/h5-7,9,11H,3-4,8,16H2,1-2H3. The predicted molar refractivity (Wildman–Crippen MR) is 68.6 cm³/mol. The number of hydrogen-bond donors (Lipinski definition) is 1. The number of thiophene rings is 1. The van der Waals surface area contributed by atoms with Crippen molar-refractivity contribution in [3.05, 3.63) is 22.4 Å². The molecule has 1 rings (SSSR count). The van der Waals surface area contributed by atoms with Gasteiger partial charge < -0.3 is 5.73 Å². The Kier molecular flexibility index (Phi) is 5.62. The van der Waals surface area contributed by atoms with Gasteiger partial charge in [0.15, 0.2) is 0 Å². The van der Waals surface area contributed by atoms with Crippen LogP contribution in [0.15, 0.2) is 17.5 Å². The van der Waals surface area contributed by atoms with Gasteiger partial charge in [-0.3, -0.25) is 4.90 Å². The average Bonchev–Trinajstić information content (AvgIpc) is 2.79. The van der Waals surface area contributed by atoms with Gasteiger partial charge in [0.2, 0.25) is 0 Å². The smallest absolute Gasteiger partial charge is 0.326 e. The zero-order valence-corrected chi connectivity index (χ0v) is 11.4. The van der Waals surface area contributed by atoms with Gasteiger partial charge in [-0.2, -0.15) is 13.2 Å². The number of nitrogens with zero attached hydrogens (tertiary/aromatic N) is 1. The van der Waals surface area contributed by atoms with Crippen LogP contribution in [0, 0.1) is 0 Å². The number of halogens is 3. The van der Waals surface area contributed by atoms with E-state index in [1.165, 1.54) is 16.2 Å². The molecule has 0 saturated carbocycles. The van der Waals surface area contributed by atoms with E-state index in [2.05, 4.69) is 0 Å². The summed E-state index contributed by atoms with van der Waals surface area (Å²) in [4.78, 5) is 2.30. The van der Waals surface area contributed by atoms with Crippen LogP contribution in [0.5, 0.6) is 0 Å². The van der Waals surface area contributed by atoms with E-state index in [1.807, 2.05) is 24.4 Å². The molecule has 0 aliphatic carbocycles. The summed E-state index contributed by atoms with van der Waals surface area (Å²) in [6.07, 6.45) is -3.55. The minimum Gasteiger partial charge on any atom is -0.326 e. The summed E-state index contributed by atoms with van der Waals surface area (Å²) in [6.45, 7) is 3.04. The second-order valence-electron chi connectivity index (χ2n) is 4.21. The van der Waals surface area contributed by atoms with Gasteiger partial charge in [-0.05, 0) is 24.4 Å². The van der Waals surface area contributed by atoms with Gasteiger partial charge >= 0.3 is 6.18 Å². The summed E-state index contributed by atoms with van der Waals surface area (Å²) in [6, 6.07) is 3.05. The summed E-state index contributed by atoms with van der Waals surface area (Å²) < 4.78 is 37.7. The summed E-state index contributed by atoms with van der Waals surface area (Å²) in [5, 5.41) is 1.87. The van der Waals surface area contributed by atoms with Crippen molar-refractivity contribution in [3.8, 4) is 0 Å². The largest absolute Gasteiger partial charge is 0.401 e.